The van der Waals surface area contributed by atoms with Crippen molar-refractivity contribution in [2.75, 3.05) is 19.6 Å². The third kappa shape index (κ3) is 5.02. The number of likely N-dealkylation sites (tertiary alicyclic amines) is 1. The summed E-state index contributed by atoms with van der Waals surface area (Å²) < 4.78 is 0. The second-order valence-electron chi connectivity index (χ2n) is 7.45. The van der Waals surface area contributed by atoms with Gasteiger partial charge in [0.2, 0.25) is 5.91 Å². The summed E-state index contributed by atoms with van der Waals surface area (Å²) in [4.78, 5) is 31.8. The number of fused-ring (bicyclic) bond motifs is 1. The summed E-state index contributed by atoms with van der Waals surface area (Å²) in [5.74, 6) is -0.167. The van der Waals surface area contributed by atoms with Crippen molar-refractivity contribution in [3.63, 3.8) is 0 Å². The van der Waals surface area contributed by atoms with E-state index >= 15 is 0 Å². The fourth-order valence-electron chi connectivity index (χ4n) is 3.77. The molecule has 1 saturated heterocycles. The molecule has 1 aromatic heterocycles. The Morgan fingerprint density at radius 2 is 2.07 bits per heavy atom. The molecule has 1 N–H and O–H groups in total. The van der Waals surface area contributed by atoms with Crippen molar-refractivity contribution in [1.29, 1.82) is 0 Å². The van der Waals surface area contributed by atoms with Gasteiger partial charge in [0, 0.05) is 25.0 Å². The monoisotopic (exact) mass is 401 g/mol. The summed E-state index contributed by atoms with van der Waals surface area (Å²) in [6.07, 6.45) is 6.18. The number of para-hydroxylation sites is 1. The zero-order valence-corrected chi connectivity index (χ0v) is 17.2. The Labute approximate surface area is 171 Å². The van der Waals surface area contributed by atoms with E-state index in [0.29, 0.717) is 35.9 Å². The van der Waals surface area contributed by atoms with Gasteiger partial charge in [-0.25, -0.2) is 4.98 Å². The summed E-state index contributed by atoms with van der Waals surface area (Å²) in [6, 6.07) is 9.13. The SMILES string of the molecule is CCCCCCNC(=O)C1CCCN(C(=O)c2cc(Cl)nc3ccccc23)C1. The molecule has 1 aliphatic heterocycles. The first-order chi connectivity index (χ1) is 13.6. The maximum atomic E-state index is 13.2. The van der Waals surface area contributed by atoms with E-state index in [1.54, 1.807) is 11.0 Å². The van der Waals surface area contributed by atoms with Gasteiger partial charge in [0.15, 0.2) is 0 Å². The van der Waals surface area contributed by atoms with Crippen molar-refractivity contribution in [3.05, 3.63) is 41.0 Å². The molecular weight excluding hydrogens is 374 g/mol. The van der Waals surface area contributed by atoms with Crippen LogP contribution >= 0.6 is 11.6 Å². The lowest BCUT2D eigenvalue weighted by molar-refractivity contribution is -0.126. The molecule has 2 aromatic rings. The third-order valence-electron chi connectivity index (χ3n) is 5.32. The number of hydrogen-bond acceptors (Lipinski definition) is 3. The zero-order valence-electron chi connectivity index (χ0n) is 16.4. The number of carbonyl (C=O) groups excluding carboxylic acids is 2. The number of benzene rings is 1. The van der Waals surface area contributed by atoms with Crippen LogP contribution in [-0.4, -0.2) is 41.3 Å². The quantitative estimate of drug-likeness (QED) is 0.551. The Morgan fingerprint density at radius 3 is 2.89 bits per heavy atom. The second-order valence-corrected chi connectivity index (χ2v) is 7.84. The molecule has 0 saturated carbocycles. The lowest BCUT2D eigenvalue weighted by Crippen LogP contribution is -2.45. The molecule has 28 heavy (non-hydrogen) atoms. The number of amides is 2. The Kier molecular flexibility index (Phi) is 7.26. The number of unbranched alkanes of at least 4 members (excludes halogenated alkanes) is 3. The van der Waals surface area contributed by atoms with Gasteiger partial charge in [-0.2, -0.15) is 0 Å². The molecule has 2 amide bonds. The van der Waals surface area contributed by atoms with Crippen LogP contribution < -0.4 is 5.32 Å². The van der Waals surface area contributed by atoms with Gasteiger partial charge in [-0.05, 0) is 31.4 Å². The zero-order chi connectivity index (χ0) is 19.9. The first kappa shape index (κ1) is 20.6. The number of piperidine rings is 1. The minimum absolute atomic E-state index is 0.0617. The van der Waals surface area contributed by atoms with Gasteiger partial charge in [0.1, 0.15) is 5.15 Å². The molecule has 5 nitrogen and oxygen atoms in total. The number of rotatable bonds is 7. The molecular formula is C22H28ClN3O2. The van der Waals surface area contributed by atoms with Gasteiger partial charge in [-0.1, -0.05) is 56.0 Å². The number of hydrogen-bond donors (Lipinski definition) is 1. The van der Waals surface area contributed by atoms with E-state index in [0.717, 1.165) is 31.1 Å². The van der Waals surface area contributed by atoms with E-state index in [9.17, 15) is 9.59 Å². The summed E-state index contributed by atoms with van der Waals surface area (Å²) in [6.45, 7) is 4.00. The predicted octanol–water partition coefficient (Wildman–Crippen LogP) is 4.44. The van der Waals surface area contributed by atoms with Crippen LogP contribution in [0.3, 0.4) is 0 Å². The van der Waals surface area contributed by atoms with Crippen molar-refractivity contribution in [2.45, 2.75) is 45.4 Å². The van der Waals surface area contributed by atoms with Crippen molar-refractivity contribution >= 4 is 34.3 Å². The highest BCUT2D eigenvalue weighted by Gasteiger charge is 2.29. The second kappa shape index (κ2) is 9.87. The molecule has 0 aliphatic carbocycles. The number of nitrogens with zero attached hydrogens (tertiary/aromatic N) is 2. The number of carbonyl (C=O) groups is 2. The van der Waals surface area contributed by atoms with Crippen LogP contribution in [0.25, 0.3) is 10.9 Å². The maximum Gasteiger partial charge on any atom is 0.254 e. The normalized spacial score (nSPS) is 16.9. The molecule has 150 valence electrons. The summed E-state index contributed by atoms with van der Waals surface area (Å²) in [5.41, 5.74) is 1.26. The molecule has 3 rings (SSSR count). The first-order valence-electron chi connectivity index (χ1n) is 10.2. The van der Waals surface area contributed by atoms with E-state index in [4.69, 9.17) is 11.6 Å². The van der Waals surface area contributed by atoms with Crippen molar-refractivity contribution in [1.82, 2.24) is 15.2 Å². The van der Waals surface area contributed by atoms with Crippen LogP contribution in [0.15, 0.2) is 30.3 Å². The molecule has 1 atom stereocenters. The molecule has 2 heterocycles. The Morgan fingerprint density at radius 1 is 1.25 bits per heavy atom. The maximum absolute atomic E-state index is 13.2. The predicted molar refractivity (Wildman–Crippen MR) is 113 cm³/mol. The van der Waals surface area contributed by atoms with Crippen molar-refractivity contribution in [2.24, 2.45) is 5.92 Å². The molecule has 6 heteroatoms. The lowest BCUT2D eigenvalue weighted by Gasteiger charge is -2.32. The Bertz CT molecular complexity index is 840. The Hall–Kier alpha value is -2.14. The Balaban J connectivity index is 1.66. The molecule has 1 unspecified atom stereocenters. The minimum atomic E-state index is -0.146. The van der Waals surface area contributed by atoms with E-state index in [1.807, 2.05) is 24.3 Å². The van der Waals surface area contributed by atoms with Crippen LogP contribution in [-0.2, 0) is 4.79 Å². The van der Waals surface area contributed by atoms with Crippen LogP contribution in [0, 0.1) is 5.92 Å². The minimum Gasteiger partial charge on any atom is -0.356 e. The summed E-state index contributed by atoms with van der Waals surface area (Å²) in [5, 5.41) is 4.14. The highest BCUT2D eigenvalue weighted by molar-refractivity contribution is 6.30. The largest absolute Gasteiger partial charge is 0.356 e. The fraction of sp³-hybridized carbons (Fsp3) is 0.500. The van der Waals surface area contributed by atoms with E-state index in [-0.39, 0.29) is 17.7 Å². The van der Waals surface area contributed by atoms with Gasteiger partial charge in [-0.3, -0.25) is 9.59 Å². The number of nitrogens with one attached hydrogen (secondary N) is 1. The average Bonchev–Trinajstić information content (AvgIpc) is 2.72. The van der Waals surface area contributed by atoms with Gasteiger partial charge < -0.3 is 10.2 Å². The summed E-state index contributed by atoms with van der Waals surface area (Å²) >= 11 is 6.13. The van der Waals surface area contributed by atoms with E-state index in [1.165, 1.54) is 12.8 Å². The topological polar surface area (TPSA) is 62.3 Å². The van der Waals surface area contributed by atoms with Gasteiger partial charge in [-0.15, -0.1) is 0 Å². The smallest absolute Gasteiger partial charge is 0.254 e. The molecule has 0 bridgehead atoms. The standard InChI is InChI=1S/C22H28ClN3O2/c1-2-3-4-7-12-24-21(27)16-9-8-13-26(15-16)22(28)18-14-20(23)25-19-11-6-5-10-17(18)19/h5-6,10-11,14,16H,2-4,7-9,12-13,15H2,1H3,(H,24,27). The third-order valence-corrected chi connectivity index (χ3v) is 5.52. The highest BCUT2D eigenvalue weighted by Crippen LogP contribution is 2.25. The summed E-state index contributed by atoms with van der Waals surface area (Å²) in [7, 11) is 0. The van der Waals surface area contributed by atoms with Crippen LogP contribution in [0.1, 0.15) is 55.8 Å². The molecule has 1 aliphatic rings. The molecule has 1 fully saturated rings. The highest BCUT2D eigenvalue weighted by atomic mass is 35.5. The fourth-order valence-corrected chi connectivity index (χ4v) is 3.97. The van der Waals surface area contributed by atoms with Gasteiger partial charge in [0.05, 0.1) is 17.0 Å². The van der Waals surface area contributed by atoms with E-state index in [2.05, 4.69) is 17.2 Å². The van der Waals surface area contributed by atoms with Gasteiger partial charge >= 0.3 is 0 Å². The van der Waals surface area contributed by atoms with Crippen molar-refractivity contribution in [3.8, 4) is 0 Å². The van der Waals surface area contributed by atoms with Gasteiger partial charge in [0.25, 0.3) is 5.91 Å². The molecule has 0 spiro atoms. The number of pyridine rings is 1. The van der Waals surface area contributed by atoms with Crippen LogP contribution in [0.4, 0.5) is 0 Å². The van der Waals surface area contributed by atoms with Crippen LogP contribution in [0.2, 0.25) is 5.15 Å². The number of halogens is 1. The molecule has 0 radical (unpaired) electrons. The number of aromatic nitrogens is 1. The first-order valence-corrected chi connectivity index (χ1v) is 10.6. The lowest BCUT2D eigenvalue weighted by atomic mass is 9.96. The van der Waals surface area contributed by atoms with Crippen molar-refractivity contribution < 1.29 is 9.59 Å². The molecule has 1 aromatic carbocycles. The van der Waals surface area contributed by atoms with E-state index < -0.39 is 0 Å². The van der Waals surface area contributed by atoms with Crippen LogP contribution in [0.5, 0.6) is 0 Å². The average molecular weight is 402 g/mol.